The number of nitrogen functional groups attached to an aromatic ring is 1. The molecule has 5 heteroatoms. The van der Waals surface area contributed by atoms with Gasteiger partial charge in [-0.3, -0.25) is 0 Å². The minimum absolute atomic E-state index is 0.0910. The second-order valence-corrected chi connectivity index (χ2v) is 6.10. The van der Waals surface area contributed by atoms with Gasteiger partial charge in [0.2, 0.25) is 12.2 Å². The summed E-state index contributed by atoms with van der Waals surface area (Å²) in [6.07, 6.45) is -0.987. The fraction of sp³-hybridized carbons (Fsp3) is 0.235. The molecular weight excluding hydrogens is 280 g/mol. The zero-order valence-corrected chi connectivity index (χ0v) is 12.2. The summed E-state index contributed by atoms with van der Waals surface area (Å²) in [5.41, 5.74) is 6.84. The van der Waals surface area contributed by atoms with E-state index in [1.165, 1.54) is 0 Å². The predicted octanol–water partition coefficient (Wildman–Crippen LogP) is 3.03. The van der Waals surface area contributed by atoms with Crippen molar-refractivity contribution in [2.24, 2.45) is 0 Å². The van der Waals surface area contributed by atoms with Crippen LogP contribution in [0.1, 0.15) is 25.0 Å². The fourth-order valence-corrected chi connectivity index (χ4v) is 3.23. The van der Waals surface area contributed by atoms with Gasteiger partial charge in [0.25, 0.3) is 0 Å². The lowest BCUT2D eigenvalue weighted by molar-refractivity contribution is -0.0442. The first-order chi connectivity index (χ1) is 10.5. The lowest BCUT2D eigenvalue weighted by atomic mass is 9.81. The third-order valence-electron chi connectivity index (χ3n) is 4.43. The monoisotopic (exact) mass is 294 g/mol. The molecule has 110 valence electrons. The van der Waals surface area contributed by atoms with Crippen LogP contribution in [-0.2, 0) is 5.41 Å². The molecule has 3 aromatic rings. The molecule has 0 spiro atoms. The molecule has 0 aliphatic carbocycles. The normalized spacial score (nSPS) is 19.1. The van der Waals surface area contributed by atoms with Crippen LogP contribution >= 0.6 is 0 Å². The molecular formula is C17H14N2O3. The van der Waals surface area contributed by atoms with Gasteiger partial charge in [-0.05, 0) is 13.8 Å². The van der Waals surface area contributed by atoms with Gasteiger partial charge in [-0.1, -0.05) is 24.3 Å². The summed E-state index contributed by atoms with van der Waals surface area (Å²) in [5.74, 6) is 0.686. The van der Waals surface area contributed by atoms with Crippen LogP contribution in [0.2, 0.25) is 0 Å². The molecule has 0 fully saturated rings. The maximum Gasteiger partial charge on any atom is 0.209 e. The molecule has 22 heavy (non-hydrogen) atoms. The molecule has 1 aliphatic heterocycles. The topological polar surface area (TPSA) is 92.4 Å². The van der Waals surface area contributed by atoms with Crippen LogP contribution < -0.4 is 10.5 Å². The molecule has 1 atom stereocenters. The Morgan fingerprint density at radius 1 is 1.27 bits per heavy atom. The van der Waals surface area contributed by atoms with Gasteiger partial charge in [0.05, 0.1) is 5.41 Å². The first kappa shape index (κ1) is 13.0. The molecule has 0 bridgehead atoms. The molecule has 1 aliphatic rings. The van der Waals surface area contributed by atoms with E-state index in [4.69, 9.17) is 14.9 Å². The highest BCUT2D eigenvalue weighted by Gasteiger charge is 2.44. The summed E-state index contributed by atoms with van der Waals surface area (Å²) in [6, 6.07) is 9.69. The van der Waals surface area contributed by atoms with E-state index in [0.717, 1.165) is 16.3 Å². The van der Waals surface area contributed by atoms with Crippen LogP contribution in [0.4, 0.5) is 5.88 Å². The number of aliphatic hydroxyl groups is 1. The van der Waals surface area contributed by atoms with Gasteiger partial charge in [0.15, 0.2) is 0 Å². The van der Waals surface area contributed by atoms with Crippen molar-refractivity contribution in [2.45, 2.75) is 25.6 Å². The maximum absolute atomic E-state index is 10.3. The van der Waals surface area contributed by atoms with Crippen molar-refractivity contribution in [1.29, 1.82) is 5.26 Å². The summed E-state index contributed by atoms with van der Waals surface area (Å²) in [4.78, 5) is 0. The van der Waals surface area contributed by atoms with Crippen LogP contribution in [0.15, 0.2) is 28.7 Å². The van der Waals surface area contributed by atoms with E-state index in [0.29, 0.717) is 22.3 Å². The highest BCUT2D eigenvalue weighted by atomic mass is 16.6. The number of aliphatic hydroxyl groups excluding tert-OH is 1. The largest absolute Gasteiger partial charge is 0.463 e. The number of anilines is 1. The molecule has 2 heterocycles. The number of fused-ring (bicyclic) bond motifs is 6. The first-order valence-corrected chi connectivity index (χ1v) is 6.98. The van der Waals surface area contributed by atoms with Crippen molar-refractivity contribution in [1.82, 2.24) is 0 Å². The van der Waals surface area contributed by atoms with Gasteiger partial charge < -0.3 is 20.0 Å². The minimum atomic E-state index is -0.987. The van der Waals surface area contributed by atoms with Crippen LogP contribution in [-0.4, -0.2) is 11.4 Å². The van der Waals surface area contributed by atoms with Crippen molar-refractivity contribution < 1.29 is 14.3 Å². The van der Waals surface area contributed by atoms with Gasteiger partial charge >= 0.3 is 0 Å². The third-order valence-corrected chi connectivity index (χ3v) is 4.43. The zero-order valence-electron chi connectivity index (χ0n) is 12.2. The van der Waals surface area contributed by atoms with E-state index >= 15 is 0 Å². The molecule has 5 nitrogen and oxygen atoms in total. The van der Waals surface area contributed by atoms with Crippen molar-refractivity contribution in [3.63, 3.8) is 0 Å². The Labute approximate surface area is 126 Å². The summed E-state index contributed by atoms with van der Waals surface area (Å²) in [6.45, 7) is 3.75. The molecule has 0 amide bonds. The Balaban J connectivity index is 2.34. The number of nitrogens with zero attached hydrogens (tertiary/aromatic N) is 1. The van der Waals surface area contributed by atoms with E-state index < -0.39 is 11.7 Å². The minimum Gasteiger partial charge on any atom is -0.463 e. The molecule has 0 saturated heterocycles. The van der Waals surface area contributed by atoms with Gasteiger partial charge in [-0.2, -0.15) is 5.26 Å². The number of benzene rings is 2. The van der Waals surface area contributed by atoms with Crippen LogP contribution in [0, 0.1) is 11.3 Å². The van der Waals surface area contributed by atoms with Crippen molar-refractivity contribution >= 4 is 27.6 Å². The third kappa shape index (κ3) is 1.35. The summed E-state index contributed by atoms with van der Waals surface area (Å²) < 4.78 is 11.4. The molecule has 2 aromatic carbocycles. The van der Waals surface area contributed by atoms with E-state index in [1.807, 2.05) is 38.1 Å². The van der Waals surface area contributed by atoms with E-state index in [1.54, 1.807) is 0 Å². The number of hydrogen-bond acceptors (Lipinski definition) is 5. The number of ether oxygens (including phenoxy) is 1. The van der Waals surface area contributed by atoms with Crippen LogP contribution in [0.3, 0.4) is 0 Å². The lowest BCUT2D eigenvalue weighted by Gasteiger charge is -2.21. The van der Waals surface area contributed by atoms with Gasteiger partial charge in [-0.15, -0.1) is 0 Å². The average molecular weight is 294 g/mol. The van der Waals surface area contributed by atoms with Crippen LogP contribution in [0.25, 0.3) is 21.7 Å². The molecule has 1 aromatic heterocycles. The van der Waals surface area contributed by atoms with Gasteiger partial charge in [0, 0.05) is 21.7 Å². The van der Waals surface area contributed by atoms with Gasteiger partial charge in [0.1, 0.15) is 23.0 Å². The quantitative estimate of drug-likeness (QED) is 0.665. The lowest BCUT2D eigenvalue weighted by Crippen LogP contribution is -2.31. The standard InChI is InChI=1S/C17H14N2O3/c1-17(2)12-11-10(7-18)15(19)21-13(11)8-5-3-4-6-9(8)14(12)22-16(17)20/h3-6,16,20H,19H2,1-2H3. The predicted molar refractivity (Wildman–Crippen MR) is 82.5 cm³/mol. The maximum atomic E-state index is 10.3. The SMILES string of the molecule is CC1(C)c2c(c3ccccc3c3oc(N)c(C#N)c23)OC1O. The highest BCUT2D eigenvalue weighted by Crippen LogP contribution is 2.52. The second kappa shape index (κ2) is 3.93. The number of hydrogen-bond donors (Lipinski definition) is 2. The molecule has 0 radical (unpaired) electrons. The summed E-state index contributed by atoms with van der Waals surface area (Å²) in [5, 5.41) is 22.0. The fourth-order valence-electron chi connectivity index (χ4n) is 3.23. The smallest absolute Gasteiger partial charge is 0.209 e. The zero-order chi connectivity index (χ0) is 15.6. The average Bonchev–Trinajstić information content (AvgIpc) is 2.94. The van der Waals surface area contributed by atoms with E-state index in [-0.39, 0.29) is 5.88 Å². The van der Waals surface area contributed by atoms with Gasteiger partial charge in [-0.25, -0.2) is 0 Å². The number of nitriles is 1. The van der Waals surface area contributed by atoms with Crippen molar-refractivity contribution in [3.8, 4) is 11.8 Å². The first-order valence-electron chi connectivity index (χ1n) is 6.98. The molecule has 0 saturated carbocycles. The number of furan rings is 1. The Kier molecular flexibility index (Phi) is 2.32. The Hall–Kier alpha value is -2.71. The van der Waals surface area contributed by atoms with Crippen molar-refractivity contribution in [3.05, 3.63) is 35.4 Å². The van der Waals surface area contributed by atoms with Crippen molar-refractivity contribution in [2.75, 3.05) is 5.73 Å². The molecule has 4 rings (SSSR count). The molecule has 1 unspecified atom stereocenters. The summed E-state index contributed by atoms with van der Waals surface area (Å²) >= 11 is 0. The number of rotatable bonds is 0. The second-order valence-electron chi connectivity index (χ2n) is 6.10. The Morgan fingerprint density at radius 3 is 2.64 bits per heavy atom. The van der Waals surface area contributed by atoms with E-state index in [2.05, 4.69) is 6.07 Å². The number of nitrogens with two attached hydrogens (primary N) is 1. The van der Waals surface area contributed by atoms with Crippen LogP contribution in [0.5, 0.6) is 5.75 Å². The highest BCUT2D eigenvalue weighted by molar-refractivity contribution is 6.13. The Morgan fingerprint density at radius 2 is 1.95 bits per heavy atom. The Bertz CT molecular complexity index is 979. The summed E-state index contributed by atoms with van der Waals surface area (Å²) in [7, 11) is 0. The van der Waals surface area contributed by atoms with E-state index in [9.17, 15) is 10.4 Å². The molecule has 3 N–H and O–H groups in total.